The largest absolute Gasteiger partial charge is 0.370 e. The molecular formula is C43H70N10O8. The SMILES string of the molecule is CC.CC.CC(=O)N[C@@H](CC(C)C)C(N)=O.CC(C)CCC(=O)NCC(=O)NCC(=O)NCCCNC(=O)c1ccc(-c2n[nH]c3ccccc23)cc1.NC(=O)CCC(N)=O. The van der Waals surface area contributed by atoms with Crippen LogP contribution in [0, 0.1) is 11.8 Å². The normalized spacial score (nSPS) is 10.3. The van der Waals surface area contributed by atoms with Crippen molar-refractivity contribution in [2.24, 2.45) is 29.0 Å². The predicted molar refractivity (Wildman–Crippen MR) is 238 cm³/mol. The zero-order chi connectivity index (χ0) is 46.9. The molecule has 2 aromatic carbocycles. The first-order valence-electron chi connectivity index (χ1n) is 20.6. The summed E-state index contributed by atoms with van der Waals surface area (Å²) >= 11 is 0. The van der Waals surface area contributed by atoms with Gasteiger partial charge in [0.2, 0.25) is 41.4 Å². The fourth-order valence-corrected chi connectivity index (χ4v) is 4.78. The van der Waals surface area contributed by atoms with E-state index in [0.717, 1.165) is 28.6 Å². The Morgan fingerprint density at radius 2 is 1.18 bits per heavy atom. The molecule has 8 amide bonds. The monoisotopic (exact) mass is 855 g/mol. The van der Waals surface area contributed by atoms with E-state index in [0.29, 0.717) is 49.8 Å². The van der Waals surface area contributed by atoms with Crippen molar-refractivity contribution in [2.45, 2.75) is 107 Å². The van der Waals surface area contributed by atoms with Crippen LogP contribution in [0.4, 0.5) is 0 Å². The molecule has 0 saturated carbocycles. The molecule has 12 N–H and O–H groups in total. The molecule has 0 unspecified atom stereocenters. The number of hydrogen-bond donors (Lipinski definition) is 9. The lowest BCUT2D eigenvalue weighted by molar-refractivity contribution is -0.127. The van der Waals surface area contributed by atoms with Crippen molar-refractivity contribution in [3.63, 3.8) is 0 Å². The van der Waals surface area contributed by atoms with Crippen LogP contribution in [0.1, 0.15) is 111 Å². The summed E-state index contributed by atoms with van der Waals surface area (Å²) in [5, 5.41) is 21.4. The van der Waals surface area contributed by atoms with Crippen LogP contribution in [0.5, 0.6) is 0 Å². The molecule has 340 valence electrons. The second kappa shape index (κ2) is 33.5. The maximum atomic E-state index is 12.4. The van der Waals surface area contributed by atoms with E-state index in [-0.39, 0.29) is 49.6 Å². The summed E-state index contributed by atoms with van der Waals surface area (Å²) in [4.78, 5) is 88.9. The average Bonchev–Trinajstić information content (AvgIpc) is 3.66. The van der Waals surface area contributed by atoms with Gasteiger partial charge in [-0.3, -0.25) is 43.5 Å². The van der Waals surface area contributed by atoms with Crippen LogP contribution in [0.25, 0.3) is 22.2 Å². The zero-order valence-electron chi connectivity index (χ0n) is 37.4. The molecule has 1 atom stereocenters. The first-order valence-corrected chi connectivity index (χ1v) is 20.6. The van der Waals surface area contributed by atoms with Crippen molar-refractivity contribution in [3.05, 3.63) is 54.1 Å². The van der Waals surface area contributed by atoms with Gasteiger partial charge in [-0.15, -0.1) is 0 Å². The Hall–Kier alpha value is -6.33. The summed E-state index contributed by atoms with van der Waals surface area (Å²) < 4.78 is 0. The van der Waals surface area contributed by atoms with E-state index < -0.39 is 29.7 Å². The number of H-pyrrole nitrogens is 1. The predicted octanol–water partition coefficient (Wildman–Crippen LogP) is 2.95. The van der Waals surface area contributed by atoms with Gasteiger partial charge in [-0.1, -0.05) is 85.7 Å². The summed E-state index contributed by atoms with van der Waals surface area (Å²) in [6, 6.07) is 14.6. The van der Waals surface area contributed by atoms with Crippen LogP contribution >= 0.6 is 0 Å². The number of aromatic amines is 1. The number of fused-ring (bicyclic) bond motifs is 1. The molecule has 3 aromatic rings. The number of primary amides is 3. The molecule has 0 saturated heterocycles. The second-order valence-corrected chi connectivity index (χ2v) is 13.9. The van der Waals surface area contributed by atoms with Crippen LogP contribution in [-0.4, -0.2) is 89.7 Å². The van der Waals surface area contributed by atoms with Gasteiger partial charge in [0.1, 0.15) is 6.04 Å². The van der Waals surface area contributed by atoms with Crippen molar-refractivity contribution in [2.75, 3.05) is 26.2 Å². The van der Waals surface area contributed by atoms with Gasteiger partial charge in [0.15, 0.2) is 0 Å². The molecule has 3 rings (SSSR count). The molecule has 61 heavy (non-hydrogen) atoms. The molecule has 18 nitrogen and oxygen atoms in total. The highest BCUT2D eigenvalue weighted by Crippen LogP contribution is 2.26. The Morgan fingerprint density at radius 3 is 1.69 bits per heavy atom. The Balaban J connectivity index is 0. The van der Waals surface area contributed by atoms with Gasteiger partial charge in [0.05, 0.1) is 24.3 Å². The third kappa shape index (κ3) is 27.9. The molecule has 0 aliphatic heterocycles. The van der Waals surface area contributed by atoms with E-state index >= 15 is 0 Å². The van der Waals surface area contributed by atoms with Crippen LogP contribution in [0.15, 0.2) is 48.5 Å². The molecule has 0 bridgehead atoms. The summed E-state index contributed by atoms with van der Waals surface area (Å²) in [5.74, 6) is -2.08. The number of carbonyl (C=O) groups is 8. The van der Waals surface area contributed by atoms with Gasteiger partial charge in [0.25, 0.3) is 5.91 Å². The van der Waals surface area contributed by atoms with Crippen LogP contribution in [-0.2, 0) is 33.6 Å². The number of rotatable bonds is 20. The van der Waals surface area contributed by atoms with Crippen molar-refractivity contribution in [3.8, 4) is 11.3 Å². The molecule has 0 fully saturated rings. The number of aromatic nitrogens is 2. The summed E-state index contributed by atoms with van der Waals surface area (Å²) in [5.41, 5.74) is 17.7. The van der Waals surface area contributed by atoms with Crippen LogP contribution < -0.4 is 43.8 Å². The molecule has 18 heteroatoms. The third-order valence-corrected chi connectivity index (χ3v) is 7.74. The molecule has 0 spiro atoms. The van der Waals surface area contributed by atoms with Crippen LogP contribution in [0.3, 0.4) is 0 Å². The van der Waals surface area contributed by atoms with E-state index in [1.165, 1.54) is 6.92 Å². The minimum atomic E-state index is -0.525. The minimum Gasteiger partial charge on any atom is -0.370 e. The highest BCUT2D eigenvalue weighted by Gasteiger charge is 2.17. The van der Waals surface area contributed by atoms with Gasteiger partial charge < -0.3 is 43.8 Å². The van der Waals surface area contributed by atoms with Crippen molar-refractivity contribution >= 4 is 58.2 Å². The average molecular weight is 855 g/mol. The molecule has 0 radical (unpaired) electrons. The summed E-state index contributed by atoms with van der Waals surface area (Å²) in [7, 11) is 0. The maximum absolute atomic E-state index is 12.4. The summed E-state index contributed by atoms with van der Waals surface area (Å²) in [6.07, 6.45) is 2.36. The first-order chi connectivity index (χ1) is 28.9. The third-order valence-electron chi connectivity index (χ3n) is 7.74. The standard InChI is InChI=1S/C27H34N6O4.C8H16N2O2.C4H8N2O2.2C2H6/c1-18(2)8-13-23(34)30-17-25(36)31-16-24(35)28-14-5-15-29-27(37)20-11-9-19(10-12-20)26-21-6-3-4-7-22(21)32-33-26;1-5(2)4-7(8(9)12)10-6(3)11;5-3(7)1-2-4(6)8;2*1-2/h3-4,6-7,9-12,18H,5,8,13-17H2,1-2H3,(H,28,35)(H,29,37)(H,30,34)(H,31,36)(H,32,33);5,7H,4H2,1-3H3,(H2,9,12)(H,10,11);1-2H2,(H2,5,7)(H2,6,8);2*1-2H3/t;7-;;;/m.0.../s1. The van der Waals surface area contributed by atoms with E-state index in [1.54, 1.807) is 12.1 Å². The minimum absolute atomic E-state index is 0.0509. The fraction of sp³-hybridized carbons (Fsp3) is 0.512. The quantitative estimate of drug-likeness (QED) is 0.0754. The lowest BCUT2D eigenvalue weighted by atomic mass is 10.0. The lowest BCUT2D eigenvalue weighted by Crippen LogP contribution is -2.44. The number of hydrogen-bond acceptors (Lipinski definition) is 9. The zero-order valence-corrected chi connectivity index (χ0v) is 37.4. The number of amides is 8. The van der Waals surface area contributed by atoms with Crippen LogP contribution in [0.2, 0.25) is 0 Å². The van der Waals surface area contributed by atoms with Crippen molar-refractivity contribution in [1.29, 1.82) is 0 Å². The van der Waals surface area contributed by atoms with Crippen molar-refractivity contribution in [1.82, 2.24) is 36.8 Å². The van der Waals surface area contributed by atoms with E-state index in [2.05, 4.69) is 36.8 Å². The Bertz CT molecular complexity index is 1780. The van der Waals surface area contributed by atoms with E-state index in [1.807, 2.05) is 91.8 Å². The van der Waals surface area contributed by atoms with E-state index in [9.17, 15) is 38.4 Å². The second-order valence-electron chi connectivity index (χ2n) is 13.9. The molecule has 0 aliphatic rings. The smallest absolute Gasteiger partial charge is 0.251 e. The summed E-state index contributed by atoms with van der Waals surface area (Å²) in [6.45, 7) is 17.8. The number of benzene rings is 2. The van der Waals surface area contributed by atoms with Gasteiger partial charge in [-0.25, -0.2) is 0 Å². The molecule has 1 heterocycles. The molecule has 1 aromatic heterocycles. The van der Waals surface area contributed by atoms with Gasteiger partial charge >= 0.3 is 0 Å². The molecule has 0 aliphatic carbocycles. The molecular weight excluding hydrogens is 785 g/mol. The first kappa shape index (κ1) is 56.8. The van der Waals surface area contributed by atoms with Gasteiger partial charge in [0, 0.05) is 55.8 Å². The van der Waals surface area contributed by atoms with Gasteiger partial charge in [-0.05, 0) is 49.3 Å². The highest BCUT2D eigenvalue weighted by molar-refractivity contribution is 5.96. The number of para-hydroxylation sites is 1. The Morgan fingerprint density at radius 1 is 0.656 bits per heavy atom. The Labute approximate surface area is 360 Å². The fourth-order valence-electron chi connectivity index (χ4n) is 4.78. The maximum Gasteiger partial charge on any atom is 0.251 e. The topological polar surface area (TPSA) is 303 Å². The number of nitrogens with two attached hydrogens (primary N) is 3. The lowest BCUT2D eigenvalue weighted by Gasteiger charge is -2.15. The number of nitrogens with one attached hydrogen (secondary N) is 6. The van der Waals surface area contributed by atoms with E-state index in [4.69, 9.17) is 17.2 Å². The number of carbonyl (C=O) groups excluding carboxylic acids is 8. The highest BCUT2D eigenvalue weighted by atomic mass is 16.2. The van der Waals surface area contributed by atoms with Crippen molar-refractivity contribution < 1.29 is 38.4 Å². The number of nitrogens with zero attached hydrogens (tertiary/aromatic N) is 1. The van der Waals surface area contributed by atoms with Gasteiger partial charge in [-0.2, -0.15) is 5.10 Å². The Kier molecular flexibility index (Phi) is 31.2.